The molecular formula is C40H44ClN7O7. The van der Waals surface area contributed by atoms with E-state index in [1.165, 1.54) is 0 Å². The van der Waals surface area contributed by atoms with E-state index in [1.807, 2.05) is 46.2 Å². The summed E-state index contributed by atoms with van der Waals surface area (Å²) in [6.45, 7) is 3.89. The zero-order chi connectivity index (χ0) is 38.7. The van der Waals surface area contributed by atoms with E-state index in [2.05, 4.69) is 10.1 Å². The summed E-state index contributed by atoms with van der Waals surface area (Å²) in [5, 5.41) is 2.89. The van der Waals surface area contributed by atoms with Crippen LogP contribution in [0.2, 0.25) is 0 Å². The van der Waals surface area contributed by atoms with Gasteiger partial charge in [-0.15, -0.1) is 11.6 Å². The molecule has 2 saturated heterocycles. The number of nitrogens with zero attached hydrogens (tertiary/aromatic N) is 4. The average Bonchev–Trinajstić information content (AvgIpc) is 3.37. The molecule has 0 unspecified atom stereocenters. The molecule has 5 N–H and O–H groups in total. The van der Waals surface area contributed by atoms with Crippen LogP contribution >= 0.6 is 11.6 Å². The molecule has 3 amide bonds. The largest absolute Gasteiger partial charge is 0.457 e. The Balaban J connectivity index is 1.15. The number of fused-ring (bicyclic) bond motifs is 6. The number of Topliss-reactive ketones (excluding diaryl/α,β-unsaturated/α-hetero) is 1. The summed E-state index contributed by atoms with van der Waals surface area (Å²) in [6.07, 6.45) is 4.17. The molecule has 15 heteroatoms. The van der Waals surface area contributed by atoms with Crippen LogP contribution in [0.15, 0.2) is 54.6 Å². The fourth-order valence-electron chi connectivity index (χ4n) is 7.80. The van der Waals surface area contributed by atoms with Crippen molar-refractivity contribution in [3.05, 3.63) is 87.9 Å². The highest BCUT2D eigenvalue weighted by atomic mass is 35.5. The normalized spacial score (nSPS) is 16.7. The number of hydrogen-bond acceptors (Lipinski definition) is 9. The Kier molecular flexibility index (Phi) is 11.2. The number of halogens is 1. The van der Waals surface area contributed by atoms with E-state index in [0.29, 0.717) is 85.6 Å². The molecule has 4 aliphatic rings. The van der Waals surface area contributed by atoms with Gasteiger partial charge in [0.05, 0.1) is 31.7 Å². The monoisotopic (exact) mass is 769 g/mol. The molecule has 3 aliphatic heterocycles. The van der Waals surface area contributed by atoms with Crippen molar-refractivity contribution in [1.82, 2.24) is 5.32 Å². The molecule has 0 bridgehead atoms. The summed E-state index contributed by atoms with van der Waals surface area (Å²) in [6, 6.07) is 15.9. The zero-order valence-electron chi connectivity index (χ0n) is 30.4. The Morgan fingerprint density at radius 3 is 1.95 bits per heavy atom. The van der Waals surface area contributed by atoms with Crippen LogP contribution in [0.1, 0.15) is 63.1 Å². The lowest BCUT2D eigenvalue weighted by Gasteiger charge is -2.41. The molecule has 3 aromatic rings. The Morgan fingerprint density at radius 2 is 1.38 bits per heavy atom. The smallest absolute Gasteiger partial charge is 0.358 e. The number of rotatable bonds is 17. The number of nitrogens with two attached hydrogens (primary N) is 2. The highest BCUT2D eigenvalue weighted by Gasteiger charge is 2.62. The summed E-state index contributed by atoms with van der Waals surface area (Å²) < 4.78 is 17.9. The van der Waals surface area contributed by atoms with Crippen molar-refractivity contribution < 1.29 is 38.2 Å². The SMILES string of the molecule is [N-]=[N+]=C1C(=O)c2ccc(C(=O)NCCOCCOCCCCCCCl)cc2C12c1ccc(N3CC(C(N)=O)C3)cc1Oc1cc(N3CC(C(N)=O)C3)ccc12. The second-order valence-electron chi connectivity index (χ2n) is 14.3. The lowest BCUT2D eigenvalue weighted by Crippen LogP contribution is -2.52. The predicted molar refractivity (Wildman–Crippen MR) is 205 cm³/mol. The Hall–Kier alpha value is -5.27. The Bertz CT molecular complexity index is 1980. The number of hydrogen-bond donors (Lipinski definition) is 3. The first-order valence-corrected chi connectivity index (χ1v) is 19.2. The van der Waals surface area contributed by atoms with Gasteiger partial charge in [-0.2, -0.15) is 4.79 Å². The van der Waals surface area contributed by atoms with Crippen LogP contribution in [-0.4, -0.2) is 99.0 Å². The number of alkyl halides is 1. The molecule has 288 valence electrons. The number of benzene rings is 3. The van der Waals surface area contributed by atoms with Crippen molar-refractivity contribution in [2.45, 2.75) is 31.1 Å². The number of carbonyl (C=O) groups is 4. The minimum absolute atomic E-state index is 0.132. The predicted octanol–water partition coefficient (Wildman–Crippen LogP) is 3.40. The topological polar surface area (TPSA) is 203 Å². The third kappa shape index (κ3) is 7.18. The lowest BCUT2D eigenvalue weighted by atomic mass is 9.67. The second kappa shape index (κ2) is 16.2. The number of unbranched alkanes of at least 4 members (excludes halogenated alkanes) is 3. The second-order valence-corrected chi connectivity index (χ2v) is 14.7. The Labute approximate surface area is 323 Å². The molecule has 0 aromatic heterocycles. The van der Waals surface area contributed by atoms with Crippen LogP contribution in [-0.2, 0) is 24.5 Å². The molecule has 3 aromatic carbocycles. The number of primary amides is 2. The van der Waals surface area contributed by atoms with Gasteiger partial charge in [0.25, 0.3) is 11.7 Å². The molecule has 7 rings (SSSR count). The van der Waals surface area contributed by atoms with Gasteiger partial charge in [0.2, 0.25) is 11.8 Å². The number of amides is 3. The molecule has 14 nitrogen and oxygen atoms in total. The third-order valence-electron chi connectivity index (χ3n) is 10.9. The molecule has 1 aliphatic carbocycles. The summed E-state index contributed by atoms with van der Waals surface area (Å²) in [4.78, 5) is 58.8. The van der Waals surface area contributed by atoms with Crippen LogP contribution in [0.25, 0.3) is 5.53 Å². The highest BCUT2D eigenvalue weighted by Crippen LogP contribution is 2.57. The van der Waals surface area contributed by atoms with Crippen LogP contribution in [0.4, 0.5) is 11.4 Å². The maximum Gasteiger partial charge on any atom is 0.358 e. The molecule has 3 heterocycles. The number of ether oxygens (including phenoxy) is 3. The van der Waals surface area contributed by atoms with E-state index in [4.69, 9.17) is 37.3 Å². The lowest BCUT2D eigenvalue weighted by molar-refractivity contribution is -0.123. The minimum Gasteiger partial charge on any atom is -0.457 e. The van der Waals surface area contributed by atoms with Crippen LogP contribution < -0.4 is 31.3 Å². The van der Waals surface area contributed by atoms with Crippen molar-refractivity contribution in [3.8, 4) is 11.5 Å². The van der Waals surface area contributed by atoms with Gasteiger partial charge in [-0.3, -0.25) is 19.2 Å². The van der Waals surface area contributed by atoms with E-state index >= 15 is 0 Å². The minimum atomic E-state index is -1.44. The summed E-state index contributed by atoms with van der Waals surface area (Å²) in [5.74, 6) is -0.606. The van der Waals surface area contributed by atoms with Crippen molar-refractivity contribution >= 4 is 52.2 Å². The quantitative estimate of drug-likeness (QED) is 0.0796. The van der Waals surface area contributed by atoms with Crippen LogP contribution in [0.5, 0.6) is 11.5 Å². The fourth-order valence-corrected chi connectivity index (χ4v) is 7.99. The van der Waals surface area contributed by atoms with Crippen molar-refractivity contribution in [1.29, 1.82) is 0 Å². The average molecular weight is 770 g/mol. The zero-order valence-corrected chi connectivity index (χ0v) is 31.2. The third-order valence-corrected chi connectivity index (χ3v) is 11.2. The summed E-state index contributed by atoms with van der Waals surface area (Å²) in [5.41, 5.74) is 23.8. The number of anilines is 2. The van der Waals surface area contributed by atoms with Crippen LogP contribution in [0.3, 0.4) is 0 Å². The molecule has 55 heavy (non-hydrogen) atoms. The van der Waals surface area contributed by atoms with Gasteiger partial charge in [-0.05, 0) is 48.7 Å². The number of carbonyl (C=O) groups excluding carboxylic acids is 4. The van der Waals surface area contributed by atoms with E-state index in [1.54, 1.807) is 18.2 Å². The van der Waals surface area contributed by atoms with Crippen molar-refractivity contribution in [2.24, 2.45) is 23.3 Å². The molecule has 0 atom stereocenters. The van der Waals surface area contributed by atoms with Crippen molar-refractivity contribution in [2.75, 3.05) is 74.8 Å². The molecule has 1 spiro atoms. The van der Waals surface area contributed by atoms with E-state index in [0.717, 1.165) is 37.1 Å². The van der Waals surface area contributed by atoms with Gasteiger partial charge in [0.1, 0.15) is 11.5 Å². The maximum absolute atomic E-state index is 14.1. The number of ketones is 1. The van der Waals surface area contributed by atoms with Crippen LogP contribution in [0, 0.1) is 11.8 Å². The van der Waals surface area contributed by atoms with E-state index < -0.39 is 11.2 Å². The van der Waals surface area contributed by atoms with Gasteiger partial charge in [0, 0.05) is 91.0 Å². The number of nitrogens with one attached hydrogen (secondary N) is 1. The first-order chi connectivity index (χ1) is 26.7. The van der Waals surface area contributed by atoms with Gasteiger partial charge in [-0.1, -0.05) is 25.0 Å². The molecular weight excluding hydrogens is 726 g/mol. The van der Waals surface area contributed by atoms with E-state index in [9.17, 15) is 24.7 Å². The Morgan fingerprint density at radius 1 is 0.800 bits per heavy atom. The first-order valence-electron chi connectivity index (χ1n) is 18.6. The summed E-state index contributed by atoms with van der Waals surface area (Å²) in [7, 11) is 0. The maximum atomic E-state index is 14.1. The van der Waals surface area contributed by atoms with Crippen molar-refractivity contribution in [3.63, 3.8) is 0 Å². The van der Waals surface area contributed by atoms with Gasteiger partial charge < -0.3 is 46.3 Å². The van der Waals surface area contributed by atoms with Gasteiger partial charge >= 0.3 is 5.71 Å². The molecule has 0 saturated carbocycles. The standard InChI is InChI=1S/C40H44ClN7O7/c41-11-3-1-2-4-13-53-15-16-54-14-12-45-39(52)24-5-8-29-32(17-24)40(36(46-44)35(29)49)30-9-6-27(47-20-25(21-47)37(42)50)18-33(30)55-34-19-28(7-10-31(34)40)48-22-26(23-48)38(43)51/h5-10,17-19,25-26H,1-4,11-16,20-23H2,(H2,42,50)(H2,43,51)(H,45,52). The summed E-state index contributed by atoms with van der Waals surface area (Å²) >= 11 is 5.71. The first kappa shape index (κ1) is 38.0. The van der Waals surface area contributed by atoms with Gasteiger partial charge in [-0.25, -0.2) is 0 Å². The molecule has 2 fully saturated rings. The highest BCUT2D eigenvalue weighted by molar-refractivity contribution is 6.52. The molecule has 0 radical (unpaired) electrons. The fraction of sp³-hybridized carbons (Fsp3) is 0.425. The van der Waals surface area contributed by atoms with Gasteiger partial charge in [0.15, 0.2) is 5.41 Å². The van der Waals surface area contributed by atoms with E-state index in [-0.39, 0.29) is 54.0 Å².